The summed E-state index contributed by atoms with van der Waals surface area (Å²) < 4.78 is 1.70. The van der Waals surface area contributed by atoms with Gasteiger partial charge in [0.1, 0.15) is 0 Å². The van der Waals surface area contributed by atoms with Crippen LogP contribution < -0.4 is 5.73 Å². The van der Waals surface area contributed by atoms with Crippen LogP contribution in [0, 0.1) is 0 Å². The van der Waals surface area contributed by atoms with E-state index in [1.807, 2.05) is 6.92 Å². The smallest absolute Gasteiger partial charge is 0.275 e. The van der Waals surface area contributed by atoms with Crippen LogP contribution in [0.2, 0.25) is 0 Å². The number of hydrogen-bond donors (Lipinski definition) is 1. The van der Waals surface area contributed by atoms with Crippen molar-refractivity contribution >= 4 is 11.6 Å². The molecular weight excluding hydrogens is 180 g/mol. The lowest BCUT2D eigenvalue weighted by atomic mass is 10.3. The molecule has 1 heterocycles. The van der Waals surface area contributed by atoms with Crippen LogP contribution in [0.5, 0.6) is 0 Å². The fourth-order valence-corrected chi connectivity index (χ4v) is 1.16. The highest BCUT2D eigenvalue weighted by Crippen LogP contribution is 2.10. The van der Waals surface area contributed by atoms with Crippen molar-refractivity contribution in [3.8, 4) is 0 Å². The van der Waals surface area contributed by atoms with Crippen LogP contribution in [0.3, 0.4) is 0 Å². The van der Waals surface area contributed by atoms with Crippen molar-refractivity contribution in [2.75, 3.05) is 19.8 Å². The number of rotatable bonds is 3. The van der Waals surface area contributed by atoms with Gasteiger partial charge in [0, 0.05) is 26.8 Å². The van der Waals surface area contributed by atoms with E-state index in [0.717, 1.165) is 13.0 Å². The van der Waals surface area contributed by atoms with E-state index in [0.29, 0.717) is 11.4 Å². The molecule has 1 aromatic rings. The monoisotopic (exact) mass is 196 g/mol. The summed E-state index contributed by atoms with van der Waals surface area (Å²) in [5, 5.41) is 4.12. The van der Waals surface area contributed by atoms with Crippen LogP contribution in [0.25, 0.3) is 0 Å². The van der Waals surface area contributed by atoms with Crippen LogP contribution in [-0.4, -0.2) is 34.7 Å². The topological polar surface area (TPSA) is 64.2 Å². The summed E-state index contributed by atoms with van der Waals surface area (Å²) in [6.07, 6.45) is 2.66. The Hall–Kier alpha value is -1.52. The van der Waals surface area contributed by atoms with Gasteiger partial charge in [-0.25, -0.2) is 0 Å². The zero-order valence-corrected chi connectivity index (χ0v) is 8.82. The van der Waals surface area contributed by atoms with Crippen molar-refractivity contribution < 1.29 is 4.79 Å². The van der Waals surface area contributed by atoms with Crippen molar-refractivity contribution in [1.82, 2.24) is 14.7 Å². The standard InChI is InChI=1S/C9H16N4O/c1-4-5-13-6-7(10)8(11-13)9(14)12(2)3/h6H,4-5,10H2,1-3H3. The molecule has 1 rings (SSSR count). The summed E-state index contributed by atoms with van der Waals surface area (Å²) in [7, 11) is 3.36. The average molecular weight is 196 g/mol. The van der Waals surface area contributed by atoms with Crippen molar-refractivity contribution in [3.63, 3.8) is 0 Å². The number of hydrogen-bond acceptors (Lipinski definition) is 3. The molecule has 0 unspecified atom stereocenters. The van der Waals surface area contributed by atoms with Crippen molar-refractivity contribution in [2.24, 2.45) is 0 Å². The second-order valence-corrected chi connectivity index (χ2v) is 3.40. The van der Waals surface area contributed by atoms with Crippen molar-refractivity contribution in [2.45, 2.75) is 19.9 Å². The van der Waals surface area contributed by atoms with Crippen molar-refractivity contribution in [3.05, 3.63) is 11.9 Å². The highest BCUT2D eigenvalue weighted by molar-refractivity contribution is 5.96. The van der Waals surface area contributed by atoms with Crippen LogP contribution in [0.15, 0.2) is 6.20 Å². The molecule has 14 heavy (non-hydrogen) atoms. The van der Waals surface area contributed by atoms with E-state index in [9.17, 15) is 4.79 Å². The number of aromatic nitrogens is 2. The molecular formula is C9H16N4O. The second kappa shape index (κ2) is 4.13. The molecule has 0 aliphatic heterocycles. The molecule has 0 radical (unpaired) electrons. The minimum Gasteiger partial charge on any atom is -0.396 e. The van der Waals surface area contributed by atoms with E-state index in [1.165, 1.54) is 4.90 Å². The Labute approximate surface area is 83.5 Å². The van der Waals surface area contributed by atoms with E-state index in [-0.39, 0.29) is 5.91 Å². The average Bonchev–Trinajstić information content (AvgIpc) is 2.46. The first-order valence-corrected chi connectivity index (χ1v) is 4.60. The Morgan fingerprint density at radius 3 is 2.79 bits per heavy atom. The molecule has 1 amide bonds. The second-order valence-electron chi connectivity index (χ2n) is 3.40. The molecule has 0 spiro atoms. The lowest BCUT2D eigenvalue weighted by molar-refractivity contribution is 0.0822. The molecule has 2 N–H and O–H groups in total. The fraction of sp³-hybridized carbons (Fsp3) is 0.556. The number of carbonyl (C=O) groups is 1. The van der Waals surface area contributed by atoms with Crippen LogP contribution in [0.1, 0.15) is 23.8 Å². The Morgan fingerprint density at radius 2 is 2.29 bits per heavy atom. The molecule has 1 aromatic heterocycles. The molecule has 78 valence electrons. The number of nitrogen functional groups attached to an aromatic ring is 1. The molecule has 0 aliphatic carbocycles. The minimum atomic E-state index is -0.155. The van der Waals surface area contributed by atoms with E-state index >= 15 is 0 Å². The summed E-state index contributed by atoms with van der Waals surface area (Å²) in [6.45, 7) is 2.83. The Kier molecular flexibility index (Phi) is 3.11. The minimum absolute atomic E-state index is 0.155. The highest BCUT2D eigenvalue weighted by Gasteiger charge is 2.15. The van der Waals surface area contributed by atoms with Gasteiger partial charge in [-0.05, 0) is 6.42 Å². The maximum absolute atomic E-state index is 11.6. The summed E-state index contributed by atoms with van der Waals surface area (Å²) >= 11 is 0. The van der Waals surface area contributed by atoms with Gasteiger partial charge in [0.05, 0.1) is 5.69 Å². The van der Waals surface area contributed by atoms with Gasteiger partial charge in [0.2, 0.25) is 0 Å². The van der Waals surface area contributed by atoms with Crippen molar-refractivity contribution in [1.29, 1.82) is 0 Å². The number of amides is 1. The third kappa shape index (κ3) is 2.04. The lowest BCUT2D eigenvalue weighted by Gasteiger charge is -2.07. The van der Waals surface area contributed by atoms with Gasteiger partial charge in [-0.1, -0.05) is 6.92 Å². The van der Waals surface area contributed by atoms with Gasteiger partial charge >= 0.3 is 0 Å². The zero-order chi connectivity index (χ0) is 10.7. The third-order valence-electron chi connectivity index (χ3n) is 1.85. The summed E-state index contributed by atoms with van der Waals surface area (Å²) in [5.74, 6) is -0.155. The summed E-state index contributed by atoms with van der Waals surface area (Å²) in [5.41, 5.74) is 6.46. The molecule has 0 atom stereocenters. The summed E-state index contributed by atoms with van der Waals surface area (Å²) in [4.78, 5) is 13.0. The normalized spacial score (nSPS) is 10.2. The molecule has 0 aliphatic rings. The number of aryl methyl sites for hydroxylation is 1. The molecule has 0 saturated heterocycles. The number of anilines is 1. The van der Waals surface area contributed by atoms with Crippen LogP contribution in [0.4, 0.5) is 5.69 Å². The van der Waals surface area contributed by atoms with Crippen LogP contribution in [-0.2, 0) is 6.54 Å². The summed E-state index contributed by atoms with van der Waals surface area (Å²) in [6, 6.07) is 0. The molecule has 0 saturated carbocycles. The van der Waals surface area contributed by atoms with Crippen LogP contribution >= 0.6 is 0 Å². The predicted octanol–water partition coefficient (Wildman–Crippen LogP) is 0.577. The van der Waals surface area contributed by atoms with E-state index in [2.05, 4.69) is 5.10 Å². The molecule has 0 fully saturated rings. The number of nitrogens with two attached hydrogens (primary N) is 1. The largest absolute Gasteiger partial charge is 0.396 e. The first-order valence-electron chi connectivity index (χ1n) is 4.60. The van der Waals surface area contributed by atoms with Gasteiger partial charge < -0.3 is 10.6 Å². The SMILES string of the molecule is CCCn1cc(N)c(C(=O)N(C)C)n1. The maximum Gasteiger partial charge on any atom is 0.275 e. The van der Waals surface area contributed by atoms with Gasteiger partial charge in [-0.3, -0.25) is 9.48 Å². The third-order valence-corrected chi connectivity index (χ3v) is 1.85. The molecule has 0 aromatic carbocycles. The maximum atomic E-state index is 11.6. The first kappa shape index (κ1) is 10.6. The molecule has 5 heteroatoms. The first-order chi connectivity index (χ1) is 6.56. The van der Waals surface area contributed by atoms with E-state index in [4.69, 9.17) is 5.73 Å². The Morgan fingerprint density at radius 1 is 1.64 bits per heavy atom. The molecule has 0 bridgehead atoms. The zero-order valence-electron chi connectivity index (χ0n) is 8.82. The highest BCUT2D eigenvalue weighted by atomic mass is 16.2. The molecule has 5 nitrogen and oxygen atoms in total. The Bertz CT molecular complexity index is 330. The quantitative estimate of drug-likeness (QED) is 0.769. The van der Waals surface area contributed by atoms with Gasteiger partial charge in [-0.15, -0.1) is 0 Å². The Balaban J connectivity index is 2.92. The van der Waals surface area contributed by atoms with E-state index < -0.39 is 0 Å². The van der Waals surface area contributed by atoms with Gasteiger partial charge in [-0.2, -0.15) is 5.10 Å². The number of nitrogens with zero attached hydrogens (tertiary/aromatic N) is 3. The predicted molar refractivity (Wildman–Crippen MR) is 54.9 cm³/mol. The van der Waals surface area contributed by atoms with Gasteiger partial charge in [0.15, 0.2) is 5.69 Å². The van der Waals surface area contributed by atoms with Gasteiger partial charge in [0.25, 0.3) is 5.91 Å². The fourth-order valence-electron chi connectivity index (χ4n) is 1.16. The number of carbonyl (C=O) groups excluding carboxylic acids is 1. The lowest BCUT2D eigenvalue weighted by Crippen LogP contribution is -2.23. The van der Waals surface area contributed by atoms with E-state index in [1.54, 1.807) is 25.0 Å².